The first-order chi connectivity index (χ1) is 11.1. The van der Waals surface area contributed by atoms with Crippen molar-refractivity contribution in [1.29, 1.82) is 0 Å². The molecule has 1 heterocycles. The van der Waals surface area contributed by atoms with Crippen LogP contribution in [0.5, 0.6) is 0 Å². The second kappa shape index (κ2) is 6.28. The van der Waals surface area contributed by atoms with E-state index in [-0.39, 0.29) is 29.2 Å². The molecular weight excluding hydrogens is 296 g/mol. The molecule has 2 unspecified atom stereocenters. The molecule has 1 amide bonds. The highest BCUT2D eigenvalue weighted by Gasteiger charge is 2.57. The normalized spacial score (nSPS) is 25.1. The number of carbonyl (C=O) groups is 2. The third-order valence-corrected chi connectivity index (χ3v) is 5.23. The van der Waals surface area contributed by atoms with Crippen LogP contribution in [0.4, 0.5) is 0 Å². The van der Waals surface area contributed by atoms with Gasteiger partial charge in [0.15, 0.2) is 0 Å². The number of hydrogen-bond donors (Lipinski definition) is 2. The van der Waals surface area contributed by atoms with Crippen LogP contribution in [0.1, 0.15) is 59.9 Å². The van der Waals surface area contributed by atoms with Crippen LogP contribution >= 0.6 is 0 Å². The Morgan fingerprint density at radius 1 is 1.43 bits per heavy atom. The number of amides is 1. The van der Waals surface area contributed by atoms with Gasteiger partial charge in [0.1, 0.15) is 5.69 Å². The van der Waals surface area contributed by atoms with E-state index in [9.17, 15) is 9.59 Å². The van der Waals surface area contributed by atoms with E-state index in [0.29, 0.717) is 12.2 Å². The number of ether oxygens (including phenoxy) is 1. The highest BCUT2D eigenvalue weighted by molar-refractivity contribution is 5.96. The highest BCUT2D eigenvalue weighted by atomic mass is 16.5. The predicted molar refractivity (Wildman–Crippen MR) is 83.4 cm³/mol. The summed E-state index contributed by atoms with van der Waals surface area (Å²) in [6.45, 7) is 2.69. The van der Waals surface area contributed by atoms with E-state index in [2.05, 4.69) is 10.3 Å². The zero-order valence-corrected chi connectivity index (χ0v) is 13.2. The number of carboxylic acids is 1. The van der Waals surface area contributed by atoms with Gasteiger partial charge in [0.2, 0.25) is 0 Å². The summed E-state index contributed by atoms with van der Waals surface area (Å²) in [5, 5.41) is 12.1. The van der Waals surface area contributed by atoms with Crippen LogP contribution in [0.25, 0.3) is 0 Å². The minimum atomic E-state index is -1.13. The van der Waals surface area contributed by atoms with Crippen LogP contribution in [-0.2, 0) is 4.74 Å². The van der Waals surface area contributed by atoms with E-state index in [4.69, 9.17) is 9.84 Å². The Hall–Kier alpha value is -1.95. The largest absolute Gasteiger partial charge is 0.477 e. The molecule has 0 aliphatic heterocycles. The molecule has 6 heteroatoms. The minimum Gasteiger partial charge on any atom is -0.477 e. The number of aromatic nitrogens is 1. The molecule has 0 aromatic carbocycles. The lowest BCUT2D eigenvalue weighted by atomic mass is 9.60. The van der Waals surface area contributed by atoms with Crippen LogP contribution < -0.4 is 5.32 Å². The van der Waals surface area contributed by atoms with Crippen molar-refractivity contribution < 1.29 is 19.4 Å². The Morgan fingerprint density at radius 2 is 2.17 bits per heavy atom. The van der Waals surface area contributed by atoms with E-state index < -0.39 is 5.97 Å². The maximum atomic E-state index is 12.5. The van der Waals surface area contributed by atoms with Crippen LogP contribution in [0.2, 0.25) is 0 Å². The first kappa shape index (κ1) is 15.9. The Morgan fingerprint density at radius 3 is 2.83 bits per heavy atom. The number of carbonyl (C=O) groups excluding carboxylic acids is 1. The molecule has 2 aliphatic rings. The molecule has 0 bridgehead atoms. The zero-order valence-electron chi connectivity index (χ0n) is 13.2. The predicted octanol–water partition coefficient (Wildman–Crippen LogP) is 2.25. The lowest BCUT2D eigenvalue weighted by molar-refractivity contribution is -0.127. The second-order valence-electron chi connectivity index (χ2n) is 6.38. The van der Waals surface area contributed by atoms with Gasteiger partial charge in [0.05, 0.1) is 6.10 Å². The number of nitrogens with zero attached hydrogens (tertiary/aromatic N) is 1. The quantitative estimate of drug-likeness (QED) is 0.869. The molecule has 0 saturated heterocycles. The van der Waals surface area contributed by atoms with Gasteiger partial charge >= 0.3 is 5.97 Å². The third-order valence-electron chi connectivity index (χ3n) is 5.23. The van der Waals surface area contributed by atoms with E-state index in [1.54, 1.807) is 6.07 Å². The number of rotatable bonds is 5. The van der Waals surface area contributed by atoms with Crippen molar-refractivity contribution in [1.82, 2.24) is 10.3 Å². The first-order valence-electron chi connectivity index (χ1n) is 8.18. The Kier molecular flexibility index (Phi) is 4.35. The molecule has 2 aliphatic carbocycles. The summed E-state index contributed by atoms with van der Waals surface area (Å²) in [6.07, 6.45) is 6.93. The molecule has 0 radical (unpaired) electrons. The SMILES string of the molecule is CCOC1CC(NC(=O)c2ccnc(C(=O)O)c2)C12CCCC2. The van der Waals surface area contributed by atoms with Crippen LogP contribution in [0, 0.1) is 5.41 Å². The summed E-state index contributed by atoms with van der Waals surface area (Å²) in [5.41, 5.74) is 0.286. The molecule has 1 aromatic heterocycles. The fourth-order valence-electron chi connectivity index (χ4n) is 4.02. The Labute approximate surface area is 135 Å². The fraction of sp³-hybridized carbons (Fsp3) is 0.588. The Bertz CT molecular complexity index is 610. The summed E-state index contributed by atoms with van der Waals surface area (Å²) >= 11 is 0. The number of nitrogens with one attached hydrogen (secondary N) is 1. The average molecular weight is 318 g/mol. The molecule has 2 atom stereocenters. The number of hydrogen-bond acceptors (Lipinski definition) is 4. The number of aromatic carboxylic acids is 1. The van der Waals surface area contributed by atoms with Crippen molar-refractivity contribution in [2.45, 2.75) is 51.2 Å². The topological polar surface area (TPSA) is 88.5 Å². The third kappa shape index (κ3) is 2.83. The van der Waals surface area contributed by atoms with Crippen molar-refractivity contribution in [3.8, 4) is 0 Å². The van der Waals surface area contributed by atoms with Gasteiger partial charge in [-0.3, -0.25) is 4.79 Å². The van der Waals surface area contributed by atoms with Crippen LogP contribution in [-0.4, -0.2) is 40.7 Å². The Balaban J connectivity index is 1.71. The highest BCUT2D eigenvalue weighted by Crippen LogP contribution is 2.54. The maximum absolute atomic E-state index is 12.5. The lowest BCUT2D eigenvalue weighted by Crippen LogP contribution is -2.63. The van der Waals surface area contributed by atoms with Gasteiger partial charge in [0, 0.05) is 29.8 Å². The smallest absolute Gasteiger partial charge is 0.354 e. The first-order valence-corrected chi connectivity index (χ1v) is 8.18. The van der Waals surface area contributed by atoms with Crippen LogP contribution in [0.3, 0.4) is 0 Å². The van der Waals surface area contributed by atoms with Gasteiger partial charge in [0.25, 0.3) is 5.91 Å². The second-order valence-corrected chi connectivity index (χ2v) is 6.38. The standard InChI is InChI=1S/C17H22N2O4/c1-2-23-14-10-13(17(14)6-3-4-7-17)19-15(20)11-5-8-18-12(9-11)16(21)22/h5,8-9,13-14H,2-4,6-7,10H2,1H3,(H,19,20)(H,21,22). The summed E-state index contributed by atoms with van der Waals surface area (Å²) in [4.78, 5) is 27.2. The molecule has 23 heavy (non-hydrogen) atoms. The van der Waals surface area contributed by atoms with Gasteiger partial charge in [-0.15, -0.1) is 0 Å². The summed E-state index contributed by atoms with van der Waals surface area (Å²) in [6, 6.07) is 2.97. The summed E-state index contributed by atoms with van der Waals surface area (Å²) in [5.74, 6) is -1.37. The van der Waals surface area contributed by atoms with Crippen molar-refractivity contribution >= 4 is 11.9 Å². The van der Waals surface area contributed by atoms with E-state index in [1.807, 2.05) is 6.92 Å². The van der Waals surface area contributed by atoms with E-state index in [1.165, 1.54) is 25.1 Å². The molecule has 1 aromatic rings. The zero-order chi connectivity index (χ0) is 16.4. The molecule has 6 nitrogen and oxygen atoms in total. The molecule has 124 valence electrons. The van der Waals surface area contributed by atoms with Gasteiger partial charge in [-0.25, -0.2) is 9.78 Å². The molecule has 1 spiro atoms. The van der Waals surface area contributed by atoms with Crippen molar-refractivity contribution in [3.63, 3.8) is 0 Å². The van der Waals surface area contributed by atoms with Gasteiger partial charge in [-0.05, 0) is 38.3 Å². The summed E-state index contributed by atoms with van der Waals surface area (Å²) in [7, 11) is 0. The van der Waals surface area contributed by atoms with E-state index >= 15 is 0 Å². The molecular formula is C17H22N2O4. The van der Waals surface area contributed by atoms with Crippen LogP contribution in [0.15, 0.2) is 18.3 Å². The van der Waals surface area contributed by atoms with Crippen molar-refractivity contribution in [3.05, 3.63) is 29.6 Å². The van der Waals surface area contributed by atoms with Crippen molar-refractivity contribution in [2.75, 3.05) is 6.61 Å². The minimum absolute atomic E-state index is 0.0638. The maximum Gasteiger partial charge on any atom is 0.354 e. The molecule has 3 rings (SSSR count). The number of pyridine rings is 1. The fourth-order valence-corrected chi connectivity index (χ4v) is 4.02. The molecule has 2 fully saturated rings. The van der Waals surface area contributed by atoms with Gasteiger partial charge in [-0.1, -0.05) is 12.8 Å². The van der Waals surface area contributed by atoms with Gasteiger partial charge < -0.3 is 15.2 Å². The van der Waals surface area contributed by atoms with Gasteiger partial charge in [-0.2, -0.15) is 0 Å². The molecule has 2 saturated carbocycles. The molecule has 2 N–H and O–H groups in total. The summed E-state index contributed by atoms with van der Waals surface area (Å²) < 4.78 is 5.84. The monoisotopic (exact) mass is 318 g/mol. The average Bonchev–Trinajstić information content (AvgIpc) is 3.06. The van der Waals surface area contributed by atoms with Crippen molar-refractivity contribution in [2.24, 2.45) is 5.41 Å². The lowest BCUT2D eigenvalue weighted by Gasteiger charge is -2.54. The van der Waals surface area contributed by atoms with E-state index in [0.717, 1.165) is 19.3 Å². The number of carboxylic acid groups (broad SMARTS) is 1.